The Morgan fingerprint density at radius 2 is 2.24 bits per heavy atom. The lowest BCUT2D eigenvalue weighted by molar-refractivity contribution is -0.138. The molecule has 4 nitrogen and oxygen atoms in total. The summed E-state index contributed by atoms with van der Waals surface area (Å²) >= 11 is 0. The van der Waals surface area contributed by atoms with Crippen LogP contribution in [0, 0.1) is 5.92 Å². The van der Waals surface area contributed by atoms with Gasteiger partial charge in [-0.15, -0.1) is 0 Å². The van der Waals surface area contributed by atoms with Gasteiger partial charge >= 0.3 is 0 Å². The van der Waals surface area contributed by atoms with Crippen LogP contribution in [0.2, 0.25) is 0 Å². The first kappa shape index (κ1) is 12.8. The van der Waals surface area contributed by atoms with Crippen LogP contribution in [-0.4, -0.2) is 42.6 Å². The number of amides is 1. The summed E-state index contributed by atoms with van der Waals surface area (Å²) in [4.78, 5) is 14.4. The molecule has 2 aliphatic rings. The van der Waals surface area contributed by atoms with Crippen molar-refractivity contribution in [2.45, 2.75) is 50.7 Å². The van der Waals surface area contributed by atoms with E-state index >= 15 is 0 Å². The van der Waals surface area contributed by atoms with E-state index in [1.54, 1.807) is 7.11 Å². The monoisotopic (exact) mass is 240 g/mol. The molecule has 2 rings (SSSR count). The van der Waals surface area contributed by atoms with Crippen molar-refractivity contribution in [3.05, 3.63) is 0 Å². The summed E-state index contributed by atoms with van der Waals surface area (Å²) in [7, 11) is 1.71. The minimum Gasteiger partial charge on any atom is -0.380 e. The van der Waals surface area contributed by atoms with E-state index in [1.165, 1.54) is 6.42 Å². The van der Waals surface area contributed by atoms with Crippen LogP contribution in [0.25, 0.3) is 0 Å². The van der Waals surface area contributed by atoms with E-state index in [4.69, 9.17) is 10.5 Å². The second-order valence-electron chi connectivity index (χ2n) is 5.76. The van der Waals surface area contributed by atoms with Gasteiger partial charge in [-0.3, -0.25) is 4.79 Å². The second kappa shape index (κ2) is 4.94. The van der Waals surface area contributed by atoms with Crippen molar-refractivity contribution in [2.24, 2.45) is 11.7 Å². The van der Waals surface area contributed by atoms with E-state index < -0.39 is 5.54 Å². The number of methoxy groups -OCH3 is 1. The molecule has 98 valence electrons. The standard InChI is InChI=1S/C13H24N2O2/c1-10-4-3-6-13(14,8-10)12(16)15-7-5-11(9-15)17-2/h10-11H,3-9,14H2,1-2H3. The minimum atomic E-state index is -0.611. The molecule has 1 aliphatic carbocycles. The van der Waals surface area contributed by atoms with Gasteiger partial charge in [0.15, 0.2) is 0 Å². The summed E-state index contributed by atoms with van der Waals surface area (Å²) in [6.45, 7) is 3.70. The molecule has 0 aromatic rings. The molecule has 1 saturated carbocycles. The lowest BCUT2D eigenvalue weighted by Gasteiger charge is -2.38. The first-order chi connectivity index (χ1) is 8.05. The Bertz CT molecular complexity index is 295. The van der Waals surface area contributed by atoms with Crippen molar-refractivity contribution < 1.29 is 9.53 Å². The summed E-state index contributed by atoms with van der Waals surface area (Å²) in [5.74, 6) is 0.710. The predicted octanol–water partition coefficient (Wildman–Crippen LogP) is 1.14. The number of ether oxygens (including phenoxy) is 1. The summed E-state index contributed by atoms with van der Waals surface area (Å²) < 4.78 is 5.30. The zero-order valence-corrected chi connectivity index (χ0v) is 10.9. The Labute approximate surface area is 103 Å². The van der Waals surface area contributed by atoms with E-state index in [0.29, 0.717) is 12.5 Å². The van der Waals surface area contributed by atoms with E-state index in [0.717, 1.165) is 32.2 Å². The molecular weight excluding hydrogens is 216 g/mol. The Hall–Kier alpha value is -0.610. The molecule has 1 aliphatic heterocycles. The van der Waals surface area contributed by atoms with Crippen LogP contribution in [0.15, 0.2) is 0 Å². The SMILES string of the molecule is COC1CCN(C(=O)C2(N)CCCC(C)C2)C1. The molecular formula is C13H24N2O2. The van der Waals surface area contributed by atoms with Crippen molar-refractivity contribution in [2.75, 3.05) is 20.2 Å². The number of nitrogens with two attached hydrogens (primary N) is 1. The molecule has 3 unspecified atom stereocenters. The average Bonchev–Trinajstić information content (AvgIpc) is 2.76. The van der Waals surface area contributed by atoms with Crippen molar-refractivity contribution in [1.29, 1.82) is 0 Å². The predicted molar refractivity (Wildman–Crippen MR) is 66.5 cm³/mol. The summed E-state index contributed by atoms with van der Waals surface area (Å²) in [6.07, 6.45) is 5.08. The fraction of sp³-hybridized carbons (Fsp3) is 0.923. The average molecular weight is 240 g/mol. The Kier molecular flexibility index (Phi) is 3.73. The highest BCUT2D eigenvalue weighted by Crippen LogP contribution is 2.32. The van der Waals surface area contributed by atoms with Crippen molar-refractivity contribution in [3.63, 3.8) is 0 Å². The first-order valence-electron chi connectivity index (χ1n) is 6.66. The summed E-state index contributed by atoms with van der Waals surface area (Å²) in [5, 5.41) is 0. The highest BCUT2D eigenvalue weighted by Gasteiger charge is 2.42. The maximum absolute atomic E-state index is 12.5. The van der Waals surface area contributed by atoms with Gasteiger partial charge in [0, 0.05) is 20.2 Å². The van der Waals surface area contributed by atoms with Crippen molar-refractivity contribution >= 4 is 5.91 Å². The Balaban J connectivity index is 1.99. The van der Waals surface area contributed by atoms with Crippen LogP contribution in [-0.2, 0) is 9.53 Å². The Morgan fingerprint density at radius 1 is 1.47 bits per heavy atom. The molecule has 3 atom stereocenters. The molecule has 0 bridgehead atoms. The zero-order chi connectivity index (χ0) is 12.5. The lowest BCUT2D eigenvalue weighted by Crippen LogP contribution is -2.57. The quantitative estimate of drug-likeness (QED) is 0.787. The number of carbonyl (C=O) groups excluding carboxylic acids is 1. The number of carbonyl (C=O) groups is 1. The highest BCUT2D eigenvalue weighted by molar-refractivity contribution is 5.86. The molecule has 2 N–H and O–H groups in total. The van der Waals surface area contributed by atoms with Crippen LogP contribution in [0.1, 0.15) is 39.0 Å². The topological polar surface area (TPSA) is 55.6 Å². The minimum absolute atomic E-state index is 0.142. The van der Waals surface area contributed by atoms with Crippen LogP contribution in [0.4, 0.5) is 0 Å². The van der Waals surface area contributed by atoms with E-state index in [1.807, 2.05) is 4.90 Å². The van der Waals surface area contributed by atoms with E-state index in [2.05, 4.69) is 6.92 Å². The number of likely N-dealkylation sites (tertiary alicyclic amines) is 1. The maximum atomic E-state index is 12.5. The van der Waals surface area contributed by atoms with Gasteiger partial charge in [0.05, 0.1) is 11.6 Å². The lowest BCUT2D eigenvalue weighted by atomic mass is 9.76. The van der Waals surface area contributed by atoms with Gasteiger partial charge < -0.3 is 15.4 Å². The number of nitrogens with zero attached hydrogens (tertiary/aromatic N) is 1. The summed E-state index contributed by atoms with van der Waals surface area (Å²) in [5.41, 5.74) is 5.72. The van der Waals surface area contributed by atoms with Gasteiger partial charge in [-0.25, -0.2) is 0 Å². The van der Waals surface area contributed by atoms with Crippen LogP contribution in [0.5, 0.6) is 0 Å². The van der Waals surface area contributed by atoms with Crippen molar-refractivity contribution in [1.82, 2.24) is 4.90 Å². The van der Waals surface area contributed by atoms with Gasteiger partial charge in [0.25, 0.3) is 0 Å². The van der Waals surface area contributed by atoms with Gasteiger partial charge in [-0.05, 0) is 25.2 Å². The number of hydrogen-bond acceptors (Lipinski definition) is 3. The molecule has 0 aromatic carbocycles. The molecule has 1 saturated heterocycles. The normalized spacial score (nSPS) is 38.4. The second-order valence-corrected chi connectivity index (χ2v) is 5.76. The smallest absolute Gasteiger partial charge is 0.242 e. The molecule has 1 amide bonds. The summed E-state index contributed by atoms with van der Waals surface area (Å²) in [6, 6.07) is 0. The number of rotatable bonds is 2. The van der Waals surface area contributed by atoms with Gasteiger partial charge in [-0.1, -0.05) is 19.8 Å². The molecule has 0 spiro atoms. The molecule has 4 heteroatoms. The van der Waals surface area contributed by atoms with Gasteiger partial charge in [0.2, 0.25) is 5.91 Å². The third-order valence-electron chi connectivity index (χ3n) is 4.22. The highest BCUT2D eigenvalue weighted by atomic mass is 16.5. The van der Waals surface area contributed by atoms with Crippen LogP contribution < -0.4 is 5.73 Å². The van der Waals surface area contributed by atoms with Crippen LogP contribution >= 0.6 is 0 Å². The molecule has 0 radical (unpaired) electrons. The van der Waals surface area contributed by atoms with E-state index in [9.17, 15) is 4.79 Å². The number of hydrogen-bond donors (Lipinski definition) is 1. The van der Waals surface area contributed by atoms with Crippen LogP contribution in [0.3, 0.4) is 0 Å². The molecule has 2 fully saturated rings. The van der Waals surface area contributed by atoms with Crippen molar-refractivity contribution in [3.8, 4) is 0 Å². The van der Waals surface area contributed by atoms with E-state index in [-0.39, 0.29) is 12.0 Å². The maximum Gasteiger partial charge on any atom is 0.242 e. The van der Waals surface area contributed by atoms with Gasteiger partial charge in [-0.2, -0.15) is 0 Å². The Morgan fingerprint density at radius 3 is 2.82 bits per heavy atom. The molecule has 1 heterocycles. The fourth-order valence-electron chi connectivity index (χ4n) is 3.21. The largest absolute Gasteiger partial charge is 0.380 e. The fourth-order valence-corrected chi connectivity index (χ4v) is 3.21. The zero-order valence-electron chi connectivity index (χ0n) is 10.9. The first-order valence-corrected chi connectivity index (χ1v) is 6.66. The third kappa shape index (κ3) is 2.63. The third-order valence-corrected chi connectivity index (χ3v) is 4.22. The molecule has 0 aromatic heterocycles. The molecule has 17 heavy (non-hydrogen) atoms. The van der Waals surface area contributed by atoms with Gasteiger partial charge in [0.1, 0.15) is 0 Å².